The lowest BCUT2D eigenvalue weighted by atomic mass is 10.1. The average molecular weight is 310 g/mol. The molecule has 0 spiro atoms. The van der Waals surface area contributed by atoms with Crippen LogP contribution in [0.3, 0.4) is 0 Å². The summed E-state index contributed by atoms with van der Waals surface area (Å²) >= 11 is 10.9. The molecular weight excluding hydrogens is 297 g/mol. The van der Waals surface area contributed by atoms with Crippen molar-refractivity contribution in [1.82, 2.24) is 0 Å². The Morgan fingerprint density at radius 3 is 2.65 bits per heavy atom. The molecule has 0 bridgehead atoms. The molecule has 0 unspecified atom stereocenters. The third-order valence-corrected chi connectivity index (χ3v) is 3.33. The summed E-state index contributed by atoms with van der Waals surface area (Å²) in [5, 5.41) is 0.649. The number of ether oxygens (including phenoxy) is 1. The van der Waals surface area contributed by atoms with Gasteiger partial charge in [-0.3, -0.25) is 0 Å². The lowest BCUT2D eigenvalue weighted by molar-refractivity contribution is 0.107. The van der Waals surface area contributed by atoms with Crippen molar-refractivity contribution in [2.24, 2.45) is 5.73 Å². The van der Waals surface area contributed by atoms with Gasteiger partial charge in [0.25, 0.3) is 0 Å². The molecular formula is C15H13ClFNOS. The van der Waals surface area contributed by atoms with Gasteiger partial charge in [-0.25, -0.2) is 4.39 Å². The van der Waals surface area contributed by atoms with Crippen molar-refractivity contribution in [1.29, 1.82) is 0 Å². The van der Waals surface area contributed by atoms with E-state index in [4.69, 9.17) is 34.3 Å². The maximum Gasteiger partial charge on any atom is 0.124 e. The number of halogens is 2. The predicted molar refractivity (Wildman–Crippen MR) is 82.2 cm³/mol. The molecule has 0 saturated carbocycles. The van der Waals surface area contributed by atoms with Crippen LogP contribution in [0.4, 0.5) is 4.39 Å². The molecule has 20 heavy (non-hydrogen) atoms. The zero-order valence-corrected chi connectivity index (χ0v) is 12.2. The average Bonchev–Trinajstić information content (AvgIpc) is 2.40. The van der Waals surface area contributed by atoms with Crippen LogP contribution in [-0.4, -0.2) is 4.99 Å². The van der Waals surface area contributed by atoms with Crippen LogP contribution in [0, 0.1) is 5.82 Å². The van der Waals surface area contributed by atoms with E-state index < -0.39 is 0 Å². The maximum absolute atomic E-state index is 13.4. The van der Waals surface area contributed by atoms with Gasteiger partial charge in [0.1, 0.15) is 10.8 Å². The molecule has 0 aliphatic rings. The Balaban J connectivity index is 2.01. The van der Waals surface area contributed by atoms with E-state index in [-0.39, 0.29) is 17.4 Å². The van der Waals surface area contributed by atoms with Gasteiger partial charge in [0, 0.05) is 10.6 Å². The molecule has 0 atom stereocenters. The first-order valence-electron chi connectivity index (χ1n) is 5.96. The largest absolute Gasteiger partial charge is 0.389 e. The van der Waals surface area contributed by atoms with E-state index in [1.165, 1.54) is 12.1 Å². The van der Waals surface area contributed by atoms with Gasteiger partial charge in [0.15, 0.2) is 0 Å². The molecule has 5 heteroatoms. The standard InChI is InChI=1S/C15H13ClFNOS/c16-14-4-2-1-3-11(14)9-19-8-10-5-12(15(18)20)7-13(17)6-10/h1-7H,8-9H2,(H2,18,20). The molecule has 0 radical (unpaired) electrons. The molecule has 2 nitrogen and oxygen atoms in total. The minimum atomic E-state index is -0.383. The van der Waals surface area contributed by atoms with Crippen LogP contribution >= 0.6 is 23.8 Å². The Kier molecular flexibility index (Phi) is 5.06. The number of hydrogen-bond acceptors (Lipinski definition) is 2. The molecule has 0 aliphatic carbocycles. The first kappa shape index (κ1) is 14.9. The van der Waals surface area contributed by atoms with Crippen molar-refractivity contribution < 1.29 is 9.13 Å². The zero-order chi connectivity index (χ0) is 14.5. The van der Waals surface area contributed by atoms with Crippen LogP contribution < -0.4 is 5.73 Å². The molecule has 0 amide bonds. The van der Waals surface area contributed by atoms with E-state index in [0.717, 1.165) is 5.56 Å². The number of nitrogens with two attached hydrogens (primary N) is 1. The summed E-state index contributed by atoms with van der Waals surface area (Å²) < 4.78 is 19.0. The second-order valence-electron chi connectivity index (χ2n) is 4.30. The van der Waals surface area contributed by atoms with Gasteiger partial charge in [-0.2, -0.15) is 0 Å². The Morgan fingerprint density at radius 2 is 1.95 bits per heavy atom. The molecule has 0 fully saturated rings. The molecule has 0 aliphatic heterocycles. The Labute approximate surface area is 127 Å². The third-order valence-electron chi connectivity index (χ3n) is 2.73. The molecule has 2 aromatic carbocycles. The van der Waals surface area contributed by atoms with Crippen molar-refractivity contribution in [3.05, 3.63) is 70.0 Å². The van der Waals surface area contributed by atoms with Crippen LogP contribution in [0.2, 0.25) is 5.02 Å². The highest BCUT2D eigenvalue weighted by molar-refractivity contribution is 7.80. The summed E-state index contributed by atoms with van der Waals surface area (Å²) in [4.78, 5) is 0.164. The van der Waals surface area contributed by atoms with E-state index in [2.05, 4.69) is 0 Å². The Hall–Kier alpha value is -1.49. The highest BCUT2D eigenvalue weighted by Crippen LogP contribution is 2.17. The number of benzene rings is 2. The molecule has 2 aromatic rings. The number of thiocarbonyl (C=S) groups is 1. The van der Waals surface area contributed by atoms with Gasteiger partial charge >= 0.3 is 0 Å². The van der Waals surface area contributed by atoms with Crippen LogP contribution in [0.1, 0.15) is 16.7 Å². The normalized spacial score (nSPS) is 10.5. The molecule has 0 aromatic heterocycles. The monoisotopic (exact) mass is 309 g/mol. The van der Waals surface area contributed by atoms with E-state index >= 15 is 0 Å². The fourth-order valence-corrected chi connectivity index (χ4v) is 2.08. The van der Waals surface area contributed by atoms with Crippen LogP contribution in [0.15, 0.2) is 42.5 Å². The quantitative estimate of drug-likeness (QED) is 0.853. The molecule has 0 heterocycles. The van der Waals surface area contributed by atoms with Crippen molar-refractivity contribution in [3.8, 4) is 0 Å². The number of hydrogen-bond donors (Lipinski definition) is 1. The lowest BCUT2D eigenvalue weighted by Crippen LogP contribution is -2.10. The smallest absolute Gasteiger partial charge is 0.124 e. The summed E-state index contributed by atoms with van der Waals surface area (Å²) in [6.45, 7) is 0.622. The van der Waals surface area contributed by atoms with E-state index in [1.54, 1.807) is 12.1 Å². The molecule has 0 saturated heterocycles. The molecule has 104 valence electrons. The lowest BCUT2D eigenvalue weighted by Gasteiger charge is -2.08. The van der Waals surface area contributed by atoms with Crippen LogP contribution in [0.25, 0.3) is 0 Å². The van der Waals surface area contributed by atoms with Crippen molar-refractivity contribution in [2.45, 2.75) is 13.2 Å². The van der Waals surface area contributed by atoms with Crippen LogP contribution in [-0.2, 0) is 18.0 Å². The maximum atomic E-state index is 13.4. The van der Waals surface area contributed by atoms with Crippen LogP contribution in [0.5, 0.6) is 0 Å². The third kappa shape index (κ3) is 4.00. The predicted octanol–water partition coefficient (Wildman–Crippen LogP) is 3.83. The van der Waals surface area contributed by atoms with Gasteiger partial charge in [-0.1, -0.05) is 42.0 Å². The molecule has 2 N–H and O–H groups in total. The minimum Gasteiger partial charge on any atom is -0.389 e. The summed E-state index contributed by atoms with van der Waals surface area (Å²) in [7, 11) is 0. The Morgan fingerprint density at radius 1 is 1.20 bits per heavy atom. The van der Waals surface area contributed by atoms with Crippen molar-refractivity contribution in [2.75, 3.05) is 0 Å². The second kappa shape index (κ2) is 6.79. The van der Waals surface area contributed by atoms with Gasteiger partial charge < -0.3 is 10.5 Å². The first-order chi connectivity index (χ1) is 9.56. The van der Waals surface area contributed by atoms with E-state index in [9.17, 15) is 4.39 Å². The summed E-state index contributed by atoms with van der Waals surface area (Å²) in [6.07, 6.45) is 0. The number of rotatable bonds is 5. The highest BCUT2D eigenvalue weighted by Gasteiger charge is 2.04. The Bertz CT molecular complexity index is 633. The zero-order valence-electron chi connectivity index (χ0n) is 10.6. The van der Waals surface area contributed by atoms with Crippen molar-refractivity contribution in [3.63, 3.8) is 0 Å². The minimum absolute atomic E-state index is 0.164. The van der Waals surface area contributed by atoms with Gasteiger partial charge in [0.2, 0.25) is 0 Å². The fraction of sp³-hybridized carbons (Fsp3) is 0.133. The first-order valence-corrected chi connectivity index (χ1v) is 6.75. The van der Waals surface area contributed by atoms with E-state index in [0.29, 0.717) is 22.8 Å². The van der Waals surface area contributed by atoms with Gasteiger partial charge in [-0.05, 0) is 35.4 Å². The van der Waals surface area contributed by atoms with Crippen molar-refractivity contribution >= 4 is 28.8 Å². The van der Waals surface area contributed by atoms with E-state index in [1.807, 2.05) is 18.2 Å². The van der Waals surface area contributed by atoms with Gasteiger partial charge in [0.05, 0.1) is 13.2 Å². The topological polar surface area (TPSA) is 35.2 Å². The fourth-order valence-electron chi connectivity index (χ4n) is 1.77. The summed E-state index contributed by atoms with van der Waals surface area (Å²) in [5.74, 6) is -0.383. The second-order valence-corrected chi connectivity index (χ2v) is 5.14. The SMILES string of the molecule is NC(=S)c1cc(F)cc(COCc2ccccc2Cl)c1. The van der Waals surface area contributed by atoms with Gasteiger partial charge in [-0.15, -0.1) is 0 Å². The summed E-state index contributed by atoms with van der Waals surface area (Å²) in [6, 6.07) is 11.8. The summed E-state index contributed by atoms with van der Waals surface area (Å²) in [5.41, 5.74) is 7.56. The molecule has 2 rings (SSSR count). The highest BCUT2D eigenvalue weighted by atomic mass is 35.5.